The molecule has 3 aromatic rings. The number of nitrogens with zero attached hydrogens (tertiary/aromatic N) is 1. The number of aromatic hydroxyl groups is 2. The number of halogens is 1. The summed E-state index contributed by atoms with van der Waals surface area (Å²) in [6, 6.07) is 15.1. The van der Waals surface area contributed by atoms with E-state index in [-0.39, 0.29) is 16.7 Å². The van der Waals surface area contributed by atoms with Gasteiger partial charge in [-0.15, -0.1) is 0 Å². The van der Waals surface area contributed by atoms with E-state index in [0.717, 1.165) is 0 Å². The first-order valence-corrected chi connectivity index (χ1v) is 9.45. The van der Waals surface area contributed by atoms with Crippen LogP contribution >= 0.6 is 11.6 Å². The zero-order valence-corrected chi connectivity index (χ0v) is 17.0. The Morgan fingerprint density at radius 3 is 2.50 bits per heavy atom. The first kappa shape index (κ1) is 19.7. The predicted molar refractivity (Wildman–Crippen MR) is 114 cm³/mol. The second-order valence-electron chi connectivity index (χ2n) is 6.68. The molecule has 154 valence electrons. The number of nitrogens with one attached hydrogen (secondary N) is 1. The van der Waals surface area contributed by atoms with Gasteiger partial charge in [0.15, 0.2) is 11.5 Å². The summed E-state index contributed by atoms with van der Waals surface area (Å²) in [5, 5.41) is 23.2. The van der Waals surface area contributed by atoms with Crippen molar-refractivity contribution in [2.75, 3.05) is 24.4 Å². The molecule has 30 heavy (non-hydrogen) atoms. The molecule has 0 aromatic heterocycles. The highest BCUT2D eigenvalue weighted by Crippen LogP contribution is 2.44. The standard InChI is InChI=1S/C22H19ClN2O5/c1-29-13-7-8-17(19(11-13)30-2)25-21(12-9-15(23)20(27)18(26)10-12)24-16-6-4-3-5-14(16)22(25)28/h3-11,21,24,26-27H,1-2H3. The van der Waals surface area contributed by atoms with Gasteiger partial charge in [0.25, 0.3) is 5.91 Å². The van der Waals surface area contributed by atoms with Crippen LogP contribution in [-0.2, 0) is 0 Å². The molecule has 1 amide bonds. The largest absolute Gasteiger partial charge is 0.504 e. The first-order valence-electron chi connectivity index (χ1n) is 9.07. The van der Waals surface area contributed by atoms with E-state index >= 15 is 0 Å². The highest BCUT2D eigenvalue weighted by Gasteiger charge is 2.36. The van der Waals surface area contributed by atoms with Gasteiger partial charge in [-0.2, -0.15) is 0 Å². The van der Waals surface area contributed by atoms with Crippen molar-refractivity contribution in [1.82, 2.24) is 0 Å². The number of phenols is 2. The summed E-state index contributed by atoms with van der Waals surface area (Å²) in [6.45, 7) is 0. The van der Waals surface area contributed by atoms with E-state index in [4.69, 9.17) is 21.1 Å². The zero-order chi connectivity index (χ0) is 21.4. The van der Waals surface area contributed by atoms with Crippen molar-refractivity contribution in [2.24, 2.45) is 0 Å². The van der Waals surface area contributed by atoms with Crippen LogP contribution in [-0.4, -0.2) is 30.3 Å². The normalized spacial score (nSPS) is 15.4. The monoisotopic (exact) mass is 426 g/mol. The van der Waals surface area contributed by atoms with Crippen LogP contribution in [0.5, 0.6) is 23.0 Å². The van der Waals surface area contributed by atoms with Gasteiger partial charge in [-0.1, -0.05) is 23.7 Å². The lowest BCUT2D eigenvalue weighted by atomic mass is 10.0. The summed E-state index contributed by atoms with van der Waals surface area (Å²) in [5.41, 5.74) is 2.11. The van der Waals surface area contributed by atoms with Gasteiger partial charge in [-0.25, -0.2) is 0 Å². The molecular formula is C22H19ClN2O5. The molecule has 0 saturated heterocycles. The third-order valence-corrected chi connectivity index (χ3v) is 5.24. The van der Waals surface area contributed by atoms with E-state index < -0.39 is 11.9 Å². The molecule has 3 N–H and O–H groups in total. The quantitative estimate of drug-likeness (QED) is 0.530. The fourth-order valence-electron chi connectivity index (χ4n) is 3.48. The van der Waals surface area contributed by atoms with Gasteiger partial charge in [0.2, 0.25) is 0 Å². The number of fused-ring (bicyclic) bond motifs is 1. The molecule has 0 radical (unpaired) electrons. The number of anilines is 2. The van der Waals surface area contributed by atoms with Crippen molar-refractivity contribution in [3.05, 3.63) is 70.7 Å². The summed E-state index contributed by atoms with van der Waals surface area (Å²) in [5.74, 6) is -0.0523. The molecule has 1 unspecified atom stereocenters. The van der Waals surface area contributed by atoms with Crippen molar-refractivity contribution in [3.63, 3.8) is 0 Å². The predicted octanol–water partition coefficient (Wildman–Crippen LogP) is 4.54. The van der Waals surface area contributed by atoms with E-state index in [1.807, 2.05) is 6.07 Å². The Hall–Kier alpha value is -3.58. The third-order valence-electron chi connectivity index (χ3n) is 4.95. The fraction of sp³-hybridized carbons (Fsp3) is 0.136. The summed E-state index contributed by atoms with van der Waals surface area (Å²) in [4.78, 5) is 15.0. The van der Waals surface area contributed by atoms with E-state index in [0.29, 0.717) is 34.0 Å². The van der Waals surface area contributed by atoms with Crippen molar-refractivity contribution >= 4 is 28.9 Å². The molecular weight excluding hydrogens is 408 g/mol. The maximum Gasteiger partial charge on any atom is 0.262 e. The highest BCUT2D eigenvalue weighted by atomic mass is 35.5. The SMILES string of the molecule is COc1ccc(N2C(=O)c3ccccc3NC2c2cc(O)c(O)c(Cl)c2)c(OC)c1. The Kier molecular flexibility index (Phi) is 5.05. The smallest absolute Gasteiger partial charge is 0.262 e. The van der Waals surface area contributed by atoms with Crippen LogP contribution in [0, 0.1) is 0 Å². The molecule has 1 aliphatic rings. The Balaban J connectivity index is 1.92. The van der Waals surface area contributed by atoms with Gasteiger partial charge in [0.05, 0.1) is 30.5 Å². The number of phenolic OH excluding ortho intramolecular Hbond substituents is 2. The van der Waals surface area contributed by atoms with E-state index in [2.05, 4.69) is 5.32 Å². The van der Waals surface area contributed by atoms with Gasteiger partial charge >= 0.3 is 0 Å². The van der Waals surface area contributed by atoms with Crippen molar-refractivity contribution in [3.8, 4) is 23.0 Å². The Morgan fingerprint density at radius 1 is 1.03 bits per heavy atom. The molecule has 0 fully saturated rings. The van der Waals surface area contributed by atoms with Crippen LogP contribution < -0.4 is 19.7 Å². The maximum atomic E-state index is 13.5. The summed E-state index contributed by atoms with van der Waals surface area (Å²) in [7, 11) is 3.05. The second kappa shape index (κ2) is 7.68. The number of para-hydroxylation sites is 1. The molecule has 7 nitrogen and oxygen atoms in total. The van der Waals surface area contributed by atoms with Crippen LogP contribution in [0.2, 0.25) is 5.02 Å². The molecule has 1 heterocycles. The van der Waals surface area contributed by atoms with Gasteiger partial charge in [0, 0.05) is 17.3 Å². The average Bonchev–Trinajstić information content (AvgIpc) is 2.76. The molecule has 1 aliphatic heterocycles. The van der Waals surface area contributed by atoms with Gasteiger partial charge in [-0.05, 0) is 36.4 Å². The van der Waals surface area contributed by atoms with E-state index in [1.165, 1.54) is 24.1 Å². The number of carbonyl (C=O) groups is 1. The molecule has 3 aromatic carbocycles. The Morgan fingerprint density at radius 2 is 1.80 bits per heavy atom. The third kappa shape index (κ3) is 3.23. The van der Waals surface area contributed by atoms with Crippen LogP contribution in [0.1, 0.15) is 22.1 Å². The minimum Gasteiger partial charge on any atom is -0.504 e. The van der Waals surface area contributed by atoms with Gasteiger partial charge in [-0.3, -0.25) is 9.69 Å². The van der Waals surface area contributed by atoms with Crippen LogP contribution in [0.4, 0.5) is 11.4 Å². The first-order chi connectivity index (χ1) is 14.4. The molecule has 0 spiro atoms. The number of carbonyl (C=O) groups excluding carboxylic acids is 1. The van der Waals surface area contributed by atoms with Crippen LogP contribution in [0.15, 0.2) is 54.6 Å². The summed E-state index contributed by atoms with van der Waals surface area (Å²) < 4.78 is 10.8. The molecule has 0 bridgehead atoms. The average molecular weight is 427 g/mol. The second-order valence-corrected chi connectivity index (χ2v) is 7.08. The number of hydrogen-bond acceptors (Lipinski definition) is 6. The molecule has 4 rings (SSSR count). The highest BCUT2D eigenvalue weighted by molar-refractivity contribution is 6.32. The molecule has 0 saturated carbocycles. The topological polar surface area (TPSA) is 91.3 Å². The molecule has 0 aliphatic carbocycles. The number of amides is 1. The number of benzene rings is 3. The van der Waals surface area contributed by atoms with E-state index in [1.54, 1.807) is 43.5 Å². The fourth-order valence-corrected chi connectivity index (χ4v) is 3.70. The lowest BCUT2D eigenvalue weighted by Crippen LogP contribution is -2.43. The Bertz CT molecular complexity index is 1110. The van der Waals surface area contributed by atoms with Crippen molar-refractivity contribution in [1.29, 1.82) is 0 Å². The van der Waals surface area contributed by atoms with Crippen molar-refractivity contribution < 1.29 is 24.5 Å². The van der Waals surface area contributed by atoms with Gasteiger partial charge < -0.3 is 25.0 Å². The summed E-state index contributed by atoms with van der Waals surface area (Å²) in [6.07, 6.45) is -0.723. The van der Waals surface area contributed by atoms with E-state index in [9.17, 15) is 15.0 Å². The number of hydrogen-bond donors (Lipinski definition) is 3. The lowest BCUT2D eigenvalue weighted by Gasteiger charge is -2.38. The van der Waals surface area contributed by atoms with Gasteiger partial charge in [0.1, 0.15) is 17.7 Å². The van der Waals surface area contributed by atoms with Crippen molar-refractivity contribution in [2.45, 2.75) is 6.17 Å². The van der Waals surface area contributed by atoms with Crippen LogP contribution in [0.3, 0.4) is 0 Å². The minimum absolute atomic E-state index is 0.0280. The number of rotatable bonds is 4. The maximum absolute atomic E-state index is 13.5. The zero-order valence-electron chi connectivity index (χ0n) is 16.2. The van der Waals surface area contributed by atoms with Crippen LogP contribution in [0.25, 0.3) is 0 Å². The minimum atomic E-state index is -0.723. The Labute approximate surface area is 178 Å². The summed E-state index contributed by atoms with van der Waals surface area (Å²) >= 11 is 6.08. The lowest BCUT2D eigenvalue weighted by molar-refractivity contribution is 0.0974. The number of methoxy groups -OCH3 is 2. The molecule has 8 heteroatoms. The number of ether oxygens (including phenoxy) is 2. The molecule has 1 atom stereocenters.